The lowest BCUT2D eigenvalue weighted by Crippen LogP contribution is -2.63. The van der Waals surface area contributed by atoms with Crippen LogP contribution in [0.2, 0.25) is 0 Å². The minimum Gasteiger partial charge on any atom is -0.431 e. The van der Waals surface area contributed by atoms with Gasteiger partial charge in [0.1, 0.15) is 48.8 Å². The molecular weight excluding hydrogens is 656 g/mol. The number of fused-ring (bicyclic) bond motifs is 5. The van der Waals surface area contributed by atoms with Crippen LogP contribution in [0, 0.1) is 28.6 Å². The first-order valence-electron chi connectivity index (χ1n) is 18.3. The van der Waals surface area contributed by atoms with E-state index in [4.69, 9.17) is 23.4 Å². The third kappa shape index (κ3) is 5.91. The number of hydrogen-bond donors (Lipinski definition) is 8. The van der Waals surface area contributed by atoms with Gasteiger partial charge in [-0.2, -0.15) is 0 Å². The lowest BCUT2D eigenvalue weighted by Gasteiger charge is -2.63. The molecule has 0 radical (unpaired) electrons. The highest BCUT2D eigenvalue weighted by Gasteiger charge is 2.67. The van der Waals surface area contributed by atoms with Crippen LogP contribution in [0.4, 0.5) is 0 Å². The Labute approximate surface area is 290 Å². The predicted molar refractivity (Wildman–Crippen MR) is 172 cm³/mol. The average molecular weight is 711 g/mol. The Morgan fingerprint density at radius 3 is 2.18 bits per heavy atom. The van der Waals surface area contributed by atoms with Crippen molar-refractivity contribution in [2.24, 2.45) is 28.6 Å². The summed E-state index contributed by atoms with van der Waals surface area (Å²) < 4.78 is 28.4. The molecule has 0 unspecified atom stereocenters. The van der Waals surface area contributed by atoms with Gasteiger partial charge in [-0.1, -0.05) is 13.8 Å². The van der Waals surface area contributed by atoms with Crippen LogP contribution >= 0.6 is 0 Å². The maximum absolute atomic E-state index is 12.5. The first-order chi connectivity index (χ1) is 23.7. The Kier molecular flexibility index (Phi) is 10.1. The van der Waals surface area contributed by atoms with Crippen molar-refractivity contribution in [2.45, 2.75) is 151 Å². The van der Waals surface area contributed by atoms with Gasteiger partial charge < -0.3 is 64.2 Å². The van der Waals surface area contributed by atoms with Gasteiger partial charge in [-0.3, -0.25) is 0 Å². The second-order valence-corrected chi connectivity index (χ2v) is 16.4. The van der Waals surface area contributed by atoms with Crippen molar-refractivity contribution >= 4 is 0 Å². The van der Waals surface area contributed by atoms with Crippen LogP contribution < -0.4 is 5.63 Å². The normalized spacial score (nSPS) is 52.2. The van der Waals surface area contributed by atoms with Crippen molar-refractivity contribution in [2.75, 3.05) is 13.2 Å². The molecule has 14 heteroatoms. The molecule has 4 aliphatic carbocycles. The zero-order chi connectivity index (χ0) is 35.7. The van der Waals surface area contributed by atoms with E-state index in [-0.39, 0.29) is 34.4 Å². The van der Waals surface area contributed by atoms with Crippen LogP contribution in [-0.2, 0) is 18.9 Å². The van der Waals surface area contributed by atoms with Crippen molar-refractivity contribution in [3.63, 3.8) is 0 Å². The second-order valence-electron chi connectivity index (χ2n) is 16.4. The Morgan fingerprint density at radius 1 is 0.780 bits per heavy atom. The van der Waals surface area contributed by atoms with Crippen LogP contribution in [0.15, 0.2) is 27.6 Å². The van der Waals surface area contributed by atoms with Crippen molar-refractivity contribution < 1.29 is 64.2 Å². The third-order valence-electron chi connectivity index (χ3n) is 14.2. The Morgan fingerprint density at radius 2 is 1.48 bits per heavy atom. The summed E-state index contributed by atoms with van der Waals surface area (Å²) in [6.45, 7) is 3.53. The molecule has 3 heterocycles. The topological polar surface area (TPSA) is 229 Å². The molecule has 0 amide bonds. The Balaban J connectivity index is 0.987. The lowest BCUT2D eigenvalue weighted by atomic mass is 9.43. The summed E-state index contributed by atoms with van der Waals surface area (Å²) in [5.74, 6) is 0.933. The molecule has 8 N–H and O–H groups in total. The molecular formula is C36H54O14. The van der Waals surface area contributed by atoms with Gasteiger partial charge in [0, 0.05) is 11.5 Å². The largest absolute Gasteiger partial charge is 0.431 e. The van der Waals surface area contributed by atoms with E-state index >= 15 is 0 Å². The minimum absolute atomic E-state index is 0.0129. The van der Waals surface area contributed by atoms with Gasteiger partial charge in [0.05, 0.1) is 31.2 Å². The molecule has 7 rings (SSSR count). The second kappa shape index (κ2) is 13.7. The number of rotatable bonds is 7. The summed E-state index contributed by atoms with van der Waals surface area (Å²) in [5, 5.41) is 84.6. The van der Waals surface area contributed by atoms with Crippen molar-refractivity contribution in [1.29, 1.82) is 0 Å². The molecule has 18 atom stereocenters. The van der Waals surface area contributed by atoms with Gasteiger partial charge in [0.2, 0.25) is 0 Å². The van der Waals surface area contributed by atoms with E-state index in [9.17, 15) is 45.6 Å². The van der Waals surface area contributed by atoms with E-state index in [0.717, 1.165) is 50.5 Å². The number of hydrogen-bond acceptors (Lipinski definition) is 14. The van der Waals surface area contributed by atoms with Gasteiger partial charge >= 0.3 is 5.63 Å². The molecule has 0 aromatic carbocycles. The number of aliphatic hydroxyl groups is 8. The van der Waals surface area contributed by atoms with Gasteiger partial charge in [0.25, 0.3) is 0 Å². The molecule has 6 aliphatic rings. The summed E-state index contributed by atoms with van der Waals surface area (Å²) in [6, 6.07) is 3.31. The quantitative estimate of drug-likeness (QED) is 0.173. The zero-order valence-electron chi connectivity index (χ0n) is 28.7. The van der Waals surface area contributed by atoms with Gasteiger partial charge in [-0.25, -0.2) is 4.79 Å². The highest BCUT2D eigenvalue weighted by atomic mass is 16.7. The standard InChI is InChI=1S/C36H54O14/c1-34-10-7-19(48-33-31(44)29(42)27(40)24(50-33)16-47-32-30(43)28(41)26(39)23(14-37)49-32)13-18(34)4-5-22-21(34)8-11-35(2)20(9-12-36(22,35)45)17-3-6-25(38)46-15-17/h3,6,15,18-24,26-33,37,39-45H,4-5,7-14,16H2,1-2H3/t18-,19-,20+,21-,22+,23+,24+,26+,27+,28-,29-,30+,31+,32+,33+,34-,35+,36-/m0/s1. The van der Waals surface area contributed by atoms with E-state index in [1.165, 1.54) is 6.07 Å². The van der Waals surface area contributed by atoms with E-state index < -0.39 is 80.2 Å². The maximum Gasteiger partial charge on any atom is 0.335 e. The van der Waals surface area contributed by atoms with Gasteiger partial charge in [-0.15, -0.1) is 0 Å². The molecule has 6 fully saturated rings. The monoisotopic (exact) mass is 710 g/mol. The zero-order valence-corrected chi connectivity index (χ0v) is 28.7. The van der Waals surface area contributed by atoms with E-state index in [0.29, 0.717) is 24.7 Å². The summed E-state index contributed by atoms with van der Waals surface area (Å²) in [5.41, 5.74) is -0.546. The van der Waals surface area contributed by atoms with E-state index in [1.807, 2.05) is 6.07 Å². The molecule has 50 heavy (non-hydrogen) atoms. The van der Waals surface area contributed by atoms with E-state index in [2.05, 4.69) is 13.8 Å². The van der Waals surface area contributed by atoms with Crippen LogP contribution in [0.5, 0.6) is 0 Å². The number of aliphatic hydroxyl groups excluding tert-OH is 7. The molecule has 4 saturated carbocycles. The van der Waals surface area contributed by atoms with Gasteiger partial charge in [-0.05, 0) is 98.5 Å². The lowest BCUT2D eigenvalue weighted by molar-refractivity contribution is -0.338. The Hall–Kier alpha value is -1.53. The third-order valence-corrected chi connectivity index (χ3v) is 14.2. The molecule has 1 aromatic heterocycles. The molecule has 0 spiro atoms. The van der Waals surface area contributed by atoms with Crippen LogP contribution in [-0.4, -0.2) is 127 Å². The van der Waals surface area contributed by atoms with E-state index in [1.54, 1.807) is 6.26 Å². The number of ether oxygens (including phenoxy) is 4. The first kappa shape index (κ1) is 36.8. The first-order valence-corrected chi connectivity index (χ1v) is 18.3. The van der Waals surface area contributed by atoms with Crippen LogP contribution in [0.25, 0.3) is 0 Å². The van der Waals surface area contributed by atoms with Crippen LogP contribution in [0.1, 0.15) is 83.1 Å². The molecule has 0 bridgehead atoms. The molecule has 1 aromatic rings. The molecule has 14 nitrogen and oxygen atoms in total. The minimum atomic E-state index is -1.65. The van der Waals surface area contributed by atoms with Crippen LogP contribution in [0.3, 0.4) is 0 Å². The van der Waals surface area contributed by atoms with Crippen molar-refractivity contribution in [3.8, 4) is 0 Å². The summed E-state index contributed by atoms with van der Waals surface area (Å²) in [6.07, 6.45) is -5.82. The highest BCUT2D eigenvalue weighted by molar-refractivity contribution is 5.27. The molecule has 282 valence electrons. The summed E-state index contributed by atoms with van der Waals surface area (Å²) in [7, 11) is 0. The highest BCUT2D eigenvalue weighted by Crippen LogP contribution is 2.70. The summed E-state index contributed by atoms with van der Waals surface area (Å²) in [4.78, 5) is 11.6. The molecule has 2 aliphatic heterocycles. The summed E-state index contributed by atoms with van der Waals surface area (Å²) >= 11 is 0. The Bertz CT molecular complexity index is 1390. The van der Waals surface area contributed by atoms with Crippen molar-refractivity contribution in [1.82, 2.24) is 0 Å². The smallest absolute Gasteiger partial charge is 0.335 e. The SMILES string of the molecule is C[C@]12CC[C@H](O[C@@H]3O[C@H](CO[C@@H]4O[C@H](CO)[C@@H](O)[C@H](O)[C@H]4O)[C@@H](O)[C@H](O)[C@H]3O)C[C@@H]1CC[C@@H]1[C@@H]2CC[C@]2(C)[C@@H](c3ccc(=O)oc3)CC[C@]12O. The predicted octanol–water partition coefficient (Wildman–Crippen LogP) is -0.110. The fraction of sp³-hybridized carbons (Fsp3) is 0.861. The van der Waals surface area contributed by atoms with Crippen molar-refractivity contribution in [3.05, 3.63) is 34.4 Å². The maximum atomic E-state index is 12.5. The van der Waals surface area contributed by atoms with Gasteiger partial charge in [0.15, 0.2) is 12.6 Å². The fourth-order valence-electron chi connectivity index (χ4n) is 11.2. The fourth-order valence-corrected chi connectivity index (χ4v) is 11.2. The molecule has 2 saturated heterocycles. The average Bonchev–Trinajstić information content (AvgIpc) is 3.38.